The van der Waals surface area contributed by atoms with Crippen molar-refractivity contribution in [3.63, 3.8) is 0 Å². The normalized spacial score (nSPS) is 29.6. The molecule has 1 aliphatic rings. The number of hydrogen-bond donors (Lipinski definition) is 1. The lowest BCUT2D eigenvalue weighted by atomic mass is 9.83. The highest BCUT2D eigenvalue weighted by molar-refractivity contribution is 5.29. The van der Waals surface area contributed by atoms with Gasteiger partial charge in [0.25, 0.3) is 0 Å². The number of aliphatic hydroxyl groups is 1. The van der Waals surface area contributed by atoms with E-state index in [2.05, 4.69) is 38.1 Å². The SMILES string of the molecule is CC1CC(O)(c2ccc(C(C)C)cc2)CCO1. The Morgan fingerprint density at radius 1 is 1.29 bits per heavy atom. The third kappa shape index (κ3) is 2.70. The molecule has 1 aromatic rings. The van der Waals surface area contributed by atoms with Gasteiger partial charge in [-0.3, -0.25) is 0 Å². The molecule has 0 bridgehead atoms. The molecule has 2 atom stereocenters. The van der Waals surface area contributed by atoms with Gasteiger partial charge in [0.1, 0.15) is 0 Å². The van der Waals surface area contributed by atoms with Gasteiger partial charge in [0, 0.05) is 12.8 Å². The number of rotatable bonds is 2. The average Bonchev–Trinajstić information content (AvgIpc) is 2.29. The van der Waals surface area contributed by atoms with Gasteiger partial charge >= 0.3 is 0 Å². The van der Waals surface area contributed by atoms with Crippen LogP contribution in [0, 0.1) is 0 Å². The van der Waals surface area contributed by atoms with Crippen LogP contribution in [0.2, 0.25) is 0 Å². The molecule has 1 saturated heterocycles. The lowest BCUT2D eigenvalue weighted by Crippen LogP contribution is -2.37. The van der Waals surface area contributed by atoms with Crippen LogP contribution in [0.1, 0.15) is 50.7 Å². The summed E-state index contributed by atoms with van der Waals surface area (Å²) in [5.74, 6) is 0.535. The second kappa shape index (κ2) is 4.79. The fraction of sp³-hybridized carbons (Fsp3) is 0.600. The Labute approximate surface area is 104 Å². The Kier molecular flexibility index (Phi) is 3.55. The van der Waals surface area contributed by atoms with Crippen molar-refractivity contribution in [3.8, 4) is 0 Å². The summed E-state index contributed by atoms with van der Waals surface area (Å²) in [7, 11) is 0. The lowest BCUT2D eigenvalue weighted by Gasteiger charge is -2.36. The van der Waals surface area contributed by atoms with Crippen molar-refractivity contribution in [2.45, 2.75) is 51.2 Å². The number of ether oxygens (including phenoxy) is 1. The van der Waals surface area contributed by atoms with E-state index in [1.54, 1.807) is 0 Å². The second-order valence-corrected chi connectivity index (χ2v) is 5.44. The Hall–Kier alpha value is -0.860. The Morgan fingerprint density at radius 2 is 1.94 bits per heavy atom. The lowest BCUT2D eigenvalue weighted by molar-refractivity contribution is -0.101. The van der Waals surface area contributed by atoms with Gasteiger partial charge in [-0.05, 0) is 24.0 Å². The first-order valence-electron chi connectivity index (χ1n) is 6.46. The van der Waals surface area contributed by atoms with Crippen molar-refractivity contribution < 1.29 is 9.84 Å². The van der Waals surface area contributed by atoms with E-state index in [-0.39, 0.29) is 6.10 Å². The maximum atomic E-state index is 10.7. The first-order valence-corrected chi connectivity index (χ1v) is 6.46. The molecule has 17 heavy (non-hydrogen) atoms. The summed E-state index contributed by atoms with van der Waals surface area (Å²) in [5.41, 5.74) is 1.64. The van der Waals surface area contributed by atoms with Gasteiger partial charge in [0.05, 0.1) is 18.3 Å². The van der Waals surface area contributed by atoms with Gasteiger partial charge in [0.15, 0.2) is 0 Å². The van der Waals surface area contributed by atoms with Crippen LogP contribution >= 0.6 is 0 Å². The molecule has 1 aromatic carbocycles. The predicted octanol–water partition coefficient (Wildman–Crippen LogP) is 3.20. The van der Waals surface area contributed by atoms with Crippen LogP contribution in [-0.2, 0) is 10.3 Å². The summed E-state index contributed by atoms with van der Waals surface area (Å²) in [4.78, 5) is 0. The van der Waals surface area contributed by atoms with Crippen LogP contribution in [0.15, 0.2) is 24.3 Å². The van der Waals surface area contributed by atoms with Gasteiger partial charge in [-0.15, -0.1) is 0 Å². The average molecular weight is 234 g/mol. The molecular weight excluding hydrogens is 212 g/mol. The van der Waals surface area contributed by atoms with Crippen LogP contribution in [0.5, 0.6) is 0 Å². The topological polar surface area (TPSA) is 29.5 Å². The van der Waals surface area contributed by atoms with Gasteiger partial charge < -0.3 is 9.84 Å². The molecule has 1 fully saturated rings. The highest BCUT2D eigenvalue weighted by Crippen LogP contribution is 2.34. The molecular formula is C15H22O2. The first kappa shape index (κ1) is 12.6. The zero-order valence-corrected chi connectivity index (χ0v) is 10.9. The van der Waals surface area contributed by atoms with Crippen molar-refractivity contribution in [1.82, 2.24) is 0 Å². The molecule has 2 rings (SSSR count). The van der Waals surface area contributed by atoms with Crippen LogP contribution in [-0.4, -0.2) is 17.8 Å². The summed E-state index contributed by atoms with van der Waals surface area (Å²) in [5, 5.41) is 10.7. The predicted molar refractivity (Wildman–Crippen MR) is 69.1 cm³/mol. The molecule has 2 unspecified atom stereocenters. The number of hydrogen-bond acceptors (Lipinski definition) is 2. The molecule has 0 spiro atoms. The minimum Gasteiger partial charge on any atom is -0.385 e. The molecule has 0 radical (unpaired) electrons. The third-order valence-electron chi connectivity index (χ3n) is 3.66. The molecule has 0 aliphatic carbocycles. The van der Waals surface area contributed by atoms with E-state index in [9.17, 15) is 5.11 Å². The van der Waals surface area contributed by atoms with Gasteiger partial charge in [0.2, 0.25) is 0 Å². The van der Waals surface area contributed by atoms with Crippen LogP contribution in [0.3, 0.4) is 0 Å². The zero-order chi connectivity index (χ0) is 12.5. The molecule has 1 heterocycles. The smallest absolute Gasteiger partial charge is 0.0943 e. The molecule has 94 valence electrons. The Bertz CT molecular complexity index is 369. The first-order chi connectivity index (χ1) is 8.01. The second-order valence-electron chi connectivity index (χ2n) is 5.44. The van der Waals surface area contributed by atoms with E-state index in [0.29, 0.717) is 25.4 Å². The highest BCUT2D eigenvalue weighted by atomic mass is 16.5. The van der Waals surface area contributed by atoms with Crippen molar-refractivity contribution in [1.29, 1.82) is 0 Å². The standard InChI is InChI=1S/C15H22O2/c1-11(2)13-4-6-14(7-5-13)15(16)8-9-17-12(3)10-15/h4-7,11-12,16H,8-10H2,1-3H3. The minimum absolute atomic E-state index is 0.138. The summed E-state index contributed by atoms with van der Waals surface area (Å²) in [6, 6.07) is 8.37. The van der Waals surface area contributed by atoms with Crippen LogP contribution in [0.25, 0.3) is 0 Å². The highest BCUT2D eigenvalue weighted by Gasteiger charge is 2.34. The maximum absolute atomic E-state index is 10.7. The largest absolute Gasteiger partial charge is 0.385 e. The maximum Gasteiger partial charge on any atom is 0.0943 e. The molecule has 2 nitrogen and oxygen atoms in total. The van der Waals surface area contributed by atoms with Gasteiger partial charge in [-0.25, -0.2) is 0 Å². The van der Waals surface area contributed by atoms with Crippen molar-refractivity contribution in [3.05, 3.63) is 35.4 Å². The van der Waals surface area contributed by atoms with Crippen LogP contribution < -0.4 is 0 Å². The van der Waals surface area contributed by atoms with Gasteiger partial charge in [-0.2, -0.15) is 0 Å². The van der Waals surface area contributed by atoms with E-state index >= 15 is 0 Å². The number of benzene rings is 1. The quantitative estimate of drug-likeness (QED) is 0.851. The molecule has 1 N–H and O–H groups in total. The summed E-state index contributed by atoms with van der Waals surface area (Å²) in [6.45, 7) is 7.02. The summed E-state index contributed by atoms with van der Waals surface area (Å²) < 4.78 is 5.50. The fourth-order valence-electron chi connectivity index (χ4n) is 2.51. The van der Waals surface area contributed by atoms with E-state index in [1.165, 1.54) is 5.56 Å². The van der Waals surface area contributed by atoms with Crippen molar-refractivity contribution >= 4 is 0 Å². The van der Waals surface area contributed by atoms with Crippen molar-refractivity contribution in [2.24, 2.45) is 0 Å². The third-order valence-corrected chi connectivity index (χ3v) is 3.66. The zero-order valence-electron chi connectivity index (χ0n) is 10.9. The molecule has 0 aromatic heterocycles. The molecule has 1 aliphatic heterocycles. The fourth-order valence-corrected chi connectivity index (χ4v) is 2.51. The summed E-state index contributed by atoms with van der Waals surface area (Å²) in [6.07, 6.45) is 1.52. The van der Waals surface area contributed by atoms with Crippen LogP contribution in [0.4, 0.5) is 0 Å². The van der Waals surface area contributed by atoms with E-state index < -0.39 is 5.60 Å². The van der Waals surface area contributed by atoms with E-state index in [0.717, 1.165) is 5.56 Å². The molecule has 0 amide bonds. The van der Waals surface area contributed by atoms with E-state index in [4.69, 9.17) is 4.74 Å². The Morgan fingerprint density at radius 3 is 2.47 bits per heavy atom. The molecule has 2 heteroatoms. The van der Waals surface area contributed by atoms with Crippen molar-refractivity contribution in [2.75, 3.05) is 6.61 Å². The monoisotopic (exact) mass is 234 g/mol. The van der Waals surface area contributed by atoms with E-state index in [1.807, 2.05) is 6.92 Å². The van der Waals surface area contributed by atoms with Gasteiger partial charge in [-0.1, -0.05) is 38.1 Å². The summed E-state index contributed by atoms with van der Waals surface area (Å²) >= 11 is 0. The minimum atomic E-state index is -0.701. The molecule has 0 saturated carbocycles. The Balaban J connectivity index is 2.21.